The Bertz CT molecular complexity index is 2050. The first kappa shape index (κ1) is 52.6. The van der Waals surface area contributed by atoms with Crippen molar-refractivity contribution in [2.24, 2.45) is 76.6 Å². The molecule has 0 saturated heterocycles. The van der Waals surface area contributed by atoms with Crippen LogP contribution in [0.25, 0.3) is 0 Å². The Morgan fingerprint density at radius 1 is 0.229 bits per heavy atom. The fourth-order valence-electron chi connectivity index (χ4n) is 13.6. The zero-order valence-corrected chi connectivity index (χ0v) is 59.0. The Morgan fingerprint density at radius 3 is 0.530 bits per heavy atom. The third-order valence-electron chi connectivity index (χ3n) is 19.9. The van der Waals surface area contributed by atoms with Gasteiger partial charge in [0.25, 0.3) is 0 Å². The second kappa shape index (κ2) is 58.4. The Balaban J connectivity index is 0.000000573. The molecule has 83 heavy (non-hydrogen) atoms. The van der Waals surface area contributed by atoms with Crippen LogP contribution in [0.15, 0.2) is 0 Å². The first-order valence-corrected chi connectivity index (χ1v) is 37.0. The molecule has 0 radical (unpaired) electrons. The molecule has 0 spiro atoms. The van der Waals surface area contributed by atoms with Crippen molar-refractivity contribution in [1.82, 2.24) is 0 Å². The third kappa shape index (κ3) is 46.7. The molecule has 10 aliphatic rings. The zero-order chi connectivity index (χ0) is 79.0. The van der Waals surface area contributed by atoms with Crippen LogP contribution >= 0.6 is 0 Å². The van der Waals surface area contributed by atoms with Crippen LogP contribution in [0, 0.1) is 76.6 Å². The molecular formula is C83H166. The lowest BCUT2D eigenvalue weighted by Gasteiger charge is -2.24. The Morgan fingerprint density at radius 2 is 0.373 bits per heavy atom. The van der Waals surface area contributed by atoms with E-state index in [2.05, 4.69) is 13.8 Å². The smallest absolute Gasteiger partial charge is 0.0305 e. The van der Waals surface area contributed by atoms with Crippen molar-refractivity contribution < 1.29 is 27.4 Å². The summed E-state index contributed by atoms with van der Waals surface area (Å²) in [6.45, 7) is 24.1. The highest BCUT2D eigenvalue weighted by atomic mass is 14.3. The highest BCUT2D eigenvalue weighted by Gasteiger charge is 2.19. The summed E-state index contributed by atoms with van der Waals surface area (Å²) < 4.78 is 155. The van der Waals surface area contributed by atoms with Gasteiger partial charge in [0.15, 0.2) is 0 Å². The molecule has 0 amide bonds. The molecule has 0 heterocycles. The van der Waals surface area contributed by atoms with Crippen molar-refractivity contribution in [2.45, 2.75) is 456 Å². The minimum Gasteiger partial charge on any atom is -0.0651 e. The number of hydrogen-bond donors (Lipinski definition) is 0. The molecule has 0 nitrogen and oxygen atoms in total. The van der Waals surface area contributed by atoms with Crippen molar-refractivity contribution in [3.05, 3.63) is 0 Å². The summed E-state index contributed by atoms with van der Waals surface area (Å²) in [5, 5.41) is 0. The monoisotopic (exact) mass is 1180 g/mol. The lowest BCUT2D eigenvalue weighted by molar-refractivity contribution is 0.279. The Kier molecular flexibility index (Phi) is 37.0. The molecule has 0 aromatic rings. The highest BCUT2D eigenvalue weighted by molar-refractivity contribution is 4.72. The summed E-state index contributed by atoms with van der Waals surface area (Å²) in [6, 6.07) is 0. The van der Waals surface area contributed by atoms with E-state index in [0.29, 0.717) is 0 Å². The topological polar surface area (TPSA) is 0 Å². The molecule has 498 valence electrons. The highest BCUT2D eigenvalue weighted by Crippen LogP contribution is 2.34. The molecule has 3 unspecified atom stereocenters. The van der Waals surface area contributed by atoms with Gasteiger partial charge in [-0.05, 0) is 76.6 Å². The fourth-order valence-corrected chi connectivity index (χ4v) is 13.6. The first-order chi connectivity index (χ1) is 47.3. The van der Waals surface area contributed by atoms with Crippen molar-refractivity contribution in [3.8, 4) is 0 Å². The van der Waals surface area contributed by atoms with Gasteiger partial charge in [0.05, 0.1) is 0 Å². The van der Waals surface area contributed by atoms with E-state index in [1.807, 2.05) is 62.3 Å². The first-order valence-electron chi connectivity index (χ1n) is 47.3. The van der Waals surface area contributed by atoms with Gasteiger partial charge in [-0.2, -0.15) is 0 Å². The van der Waals surface area contributed by atoms with E-state index in [9.17, 15) is 0 Å². The van der Waals surface area contributed by atoms with Crippen LogP contribution in [0.1, 0.15) is 483 Å². The van der Waals surface area contributed by atoms with Crippen molar-refractivity contribution in [2.75, 3.05) is 0 Å². The van der Waals surface area contributed by atoms with Crippen LogP contribution in [0.2, 0.25) is 0 Å². The maximum Gasteiger partial charge on any atom is 0.0305 e. The molecule has 10 aliphatic carbocycles. The minimum absolute atomic E-state index is 0.0295. The van der Waals surface area contributed by atoms with Crippen molar-refractivity contribution in [3.63, 3.8) is 0 Å². The third-order valence-corrected chi connectivity index (χ3v) is 19.9. The summed E-state index contributed by atoms with van der Waals surface area (Å²) in [5.41, 5.74) is 0. The molecule has 0 N–H and O–H groups in total. The normalized spacial score (nSPS) is 32.6. The van der Waals surface area contributed by atoms with Crippen molar-refractivity contribution in [1.29, 1.82) is 0 Å². The molecule has 0 aromatic carbocycles. The van der Waals surface area contributed by atoms with Crippen molar-refractivity contribution >= 4 is 0 Å². The van der Waals surface area contributed by atoms with Crippen LogP contribution in [-0.2, 0) is 0 Å². The van der Waals surface area contributed by atoms with Gasteiger partial charge in [-0.25, -0.2) is 0 Å². The maximum absolute atomic E-state index is 8.22. The summed E-state index contributed by atoms with van der Waals surface area (Å²) >= 11 is 0. The summed E-state index contributed by atoms with van der Waals surface area (Å²) in [4.78, 5) is 0. The average Bonchev–Trinajstić information content (AvgIpc) is 1.57. The standard InChI is InChI=1S/C10H20.3C9H18.4C8H16.2C7H14/c1-9(2)10-7-5-3-4-6-8-10;1-8(2)9-6-4-3-5-7-9;2*1-2-9-7-5-3-4-6-8-9;1-7(2)8-5-3-4-6-8;3*1-2-8-6-4-3-5-7-8;2*1-2-7-5-3-4-6-7/h9-10H,3-8H2,1-2H3;8-9H,3-7H2,1-2H3;2*9H,2-8H2,1H3;7-8H,3-6H2,1-2H3;3*8H,2-7H2,1H3;2*7H,2-6H2,1H3/i9D,10D;8D,9D;2D,9D;9D;7D,8D;2D2,8D;2D,8D;8D;2D2,7D;2D,7D. The van der Waals surface area contributed by atoms with Crippen LogP contribution < -0.4 is 0 Å². The van der Waals surface area contributed by atoms with Gasteiger partial charge in [-0.3, -0.25) is 0 Å². The van der Waals surface area contributed by atoms with Gasteiger partial charge in [-0.15, -0.1) is 0 Å². The fraction of sp³-hybridized carbons (Fsp3) is 1.00. The summed E-state index contributed by atoms with van der Waals surface area (Å²) in [6.07, 6.45) is 53.5. The van der Waals surface area contributed by atoms with E-state index in [1.54, 1.807) is 0 Å². The molecule has 10 fully saturated rings. The lowest BCUT2D eigenvalue weighted by Crippen LogP contribution is -2.12. The molecule has 0 heteroatoms. The van der Waals surface area contributed by atoms with Crippen LogP contribution in [-0.4, -0.2) is 0 Å². The second-order valence-corrected chi connectivity index (χ2v) is 27.2. The van der Waals surface area contributed by atoms with Gasteiger partial charge in [-0.1, -0.05) is 456 Å². The van der Waals surface area contributed by atoms with Gasteiger partial charge in [0.2, 0.25) is 0 Å². The zero-order valence-electron chi connectivity index (χ0n) is 79.0. The molecule has 3 atom stereocenters. The van der Waals surface area contributed by atoms with E-state index in [-0.39, 0.29) is 36.9 Å². The van der Waals surface area contributed by atoms with E-state index in [1.165, 1.54) is 104 Å². The second-order valence-electron chi connectivity index (χ2n) is 27.2. The molecular weight excluding hydrogens is 997 g/mol. The van der Waals surface area contributed by atoms with Gasteiger partial charge >= 0.3 is 0 Å². The number of rotatable bonds is 10. The van der Waals surface area contributed by atoms with Gasteiger partial charge < -0.3 is 0 Å². The van der Waals surface area contributed by atoms with Crippen LogP contribution in [0.4, 0.5) is 0 Å². The lowest BCUT2D eigenvalue weighted by atomic mass is 9.82. The molecule has 10 saturated carbocycles. The quantitative estimate of drug-likeness (QED) is 0.191. The summed E-state index contributed by atoms with van der Waals surface area (Å²) in [5.74, 6) is -6.00. The number of hydrogen-bond acceptors (Lipinski definition) is 0. The Hall–Kier alpha value is 0. The van der Waals surface area contributed by atoms with E-state index in [4.69, 9.17) is 27.4 Å². The van der Waals surface area contributed by atoms with Crippen LogP contribution in [0.3, 0.4) is 0 Å². The average molecular weight is 1180 g/mol. The summed E-state index contributed by atoms with van der Waals surface area (Å²) in [7, 11) is 0. The molecule has 10 rings (SSSR count). The molecule has 0 aliphatic heterocycles. The predicted octanol–water partition coefficient (Wildman–Crippen LogP) is 30.5. The Labute approximate surface area is 558 Å². The maximum atomic E-state index is 8.22. The predicted molar refractivity (Wildman–Crippen MR) is 382 cm³/mol. The van der Waals surface area contributed by atoms with E-state index < -0.39 is 71.7 Å². The van der Waals surface area contributed by atoms with Gasteiger partial charge in [0.1, 0.15) is 0 Å². The SMILES string of the molecule is [2H]C(C)(C)C1([2H])CCCC1.[2H]C(C)(C)C1([2H])CCCCC1.[2H]C(C)(C)C1([2H])CCCCCC1.[2H]C(C)C1([2H])CCCC1.[2H]C(C)C1([2H])CCCCC1.[2H]C(C)C1([2H])CCCCCC1.[2H]C([2H])(C)C1([2H])CCCC1.[2H]C([2H])(C)C1([2H])CCCCC1.[2H]C1(CC)CCCCC1.[2H]C1(CC)CCCCCC1. The minimum atomic E-state index is -1.33. The van der Waals surface area contributed by atoms with E-state index in [0.717, 1.165) is 244 Å². The van der Waals surface area contributed by atoms with Gasteiger partial charge in [0, 0.05) is 27.4 Å². The molecule has 0 aromatic heterocycles. The van der Waals surface area contributed by atoms with E-state index >= 15 is 0 Å². The molecule has 0 bridgehead atoms. The largest absolute Gasteiger partial charge is 0.0651 e. The van der Waals surface area contributed by atoms with Crippen LogP contribution in [0.5, 0.6) is 0 Å².